The minimum absolute atomic E-state index is 0.0208. The number of allylic oxidation sites excluding steroid dienone is 1. The van der Waals surface area contributed by atoms with E-state index in [4.69, 9.17) is 9.47 Å². The standard InChI is InChI=1S/C18H20O4/c1-10-9-11(7-8-14(10)19)17(20)21-15-12-5-3-4-6-13(12)18(2)16(15)22-18/h3,5,7-9,12-13,15-16,19H,4,6H2,1-2H3/t12-,13+,15+,16+,18-/m1/s1. The summed E-state index contributed by atoms with van der Waals surface area (Å²) < 4.78 is 11.6. The highest BCUT2D eigenvalue weighted by Crippen LogP contribution is 2.60. The number of epoxide rings is 1. The third-order valence-electron chi connectivity index (χ3n) is 5.45. The summed E-state index contributed by atoms with van der Waals surface area (Å²) >= 11 is 0. The fourth-order valence-corrected chi connectivity index (χ4v) is 4.11. The molecule has 1 aliphatic heterocycles. The van der Waals surface area contributed by atoms with E-state index in [1.54, 1.807) is 19.1 Å². The smallest absolute Gasteiger partial charge is 0.338 e. The van der Waals surface area contributed by atoms with Crippen LogP contribution >= 0.6 is 0 Å². The molecule has 1 saturated carbocycles. The number of hydrogen-bond donors (Lipinski definition) is 1. The van der Waals surface area contributed by atoms with E-state index in [1.807, 2.05) is 0 Å². The van der Waals surface area contributed by atoms with Gasteiger partial charge in [0.05, 0.1) is 11.2 Å². The summed E-state index contributed by atoms with van der Waals surface area (Å²) in [5.74, 6) is 0.554. The maximum Gasteiger partial charge on any atom is 0.338 e. The van der Waals surface area contributed by atoms with Crippen LogP contribution in [0.4, 0.5) is 0 Å². The number of hydrogen-bond acceptors (Lipinski definition) is 4. The van der Waals surface area contributed by atoms with Crippen molar-refractivity contribution >= 4 is 5.97 Å². The van der Waals surface area contributed by atoms with Crippen LogP contribution < -0.4 is 0 Å². The van der Waals surface area contributed by atoms with Gasteiger partial charge in [0.25, 0.3) is 0 Å². The molecule has 2 aliphatic carbocycles. The first-order valence-electron chi connectivity index (χ1n) is 7.86. The average molecular weight is 300 g/mol. The van der Waals surface area contributed by atoms with Crippen LogP contribution in [-0.2, 0) is 9.47 Å². The Morgan fingerprint density at radius 1 is 1.45 bits per heavy atom. The molecule has 0 bridgehead atoms. The monoisotopic (exact) mass is 300 g/mol. The van der Waals surface area contributed by atoms with Crippen molar-refractivity contribution in [1.82, 2.24) is 0 Å². The Labute approximate surface area is 129 Å². The van der Waals surface area contributed by atoms with Gasteiger partial charge in [0.2, 0.25) is 0 Å². The number of aryl methyl sites for hydroxylation is 1. The van der Waals surface area contributed by atoms with Crippen molar-refractivity contribution in [2.45, 2.75) is 44.5 Å². The van der Waals surface area contributed by atoms with Gasteiger partial charge in [-0.15, -0.1) is 0 Å². The summed E-state index contributed by atoms with van der Waals surface area (Å²) in [6.07, 6.45) is 6.36. The number of carbonyl (C=O) groups is 1. The molecule has 22 heavy (non-hydrogen) atoms. The average Bonchev–Trinajstić information content (AvgIpc) is 3.14. The van der Waals surface area contributed by atoms with Crippen molar-refractivity contribution in [2.24, 2.45) is 11.8 Å². The minimum Gasteiger partial charge on any atom is -0.508 e. The Bertz CT molecular complexity index is 665. The van der Waals surface area contributed by atoms with Gasteiger partial charge in [0, 0.05) is 11.8 Å². The first-order chi connectivity index (χ1) is 10.5. The molecule has 0 radical (unpaired) electrons. The number of carbonyl (C=O) groups excluding carboxylic acids is 1. The minimum atomic E-state index is -0.342. The highest BCUT2D eigenvalue weighted by atomic mass is 16.7. The predicted molar refractivity (Wildman–Crippen MR) is 80.7 cm³/mol. The number of phenols is 1. The first-order valence-corrected chi connectivity index (χ1v) is 7.86. The second-order valence-corrected chi connectivity index (χ2v) is 6.78. The lowest BCUT2D eigenvalue weighted by Gasteiger charge is -2.29. The lowest BCUT2D eigenvalue weighted by Crippen LogP contribution is -2.32. The molecule has 5 atom stereocenters. The van der Waals surface area contributed by atoms with Crippen molar-refractivity contribution in [2.75, 3.05) is 0 Å². The quantitative estimate of drug-likeness (QED) is 0.518. The molecule has 1 saturated heterocycles. The van der Waals surface area contributed by atoms with E-state index in [0.29, 0.717) is 17.0 Å². The number of benzene rings is 1. The zero-order valence-corrected chi connectivity index (χ0v) is 12.8. The molecular weight excluding hydrogens is 280 g/mol. The molecule has 0 spiro atoms. The first kappa shape index (κ1) is 13.8. The van der Waals surface area contributed by atoms with Gasteiger partial charge in [-0.25, -0.2) is 4.79 Å². The summed E-state index contributed by atoms with van der Waals surface area (Å²) in [6, 6.07) is 4.79. The zero-order chi connectivity index (χ0) is 15.5. The number of fused-ring (bicyclic) bond motifs is 3. The highest BCUT2D eigenvalue weighted by Gasteiger charge is 2.71. The van der Waals surface area contributed by atoms with Crippen molar-refractivity contribution in [3.63, 3.8) is 0 Å². The number of rotatable bonds is 2. The van der Waals surface area contributed by atoms with E-state index in [0.717, 1.165) is 12.8 Å². The van der Waals surface area contributed by atoms with E-state index in [-0.39, 0.29) is 35.4 Å². The number of esters is 1. The summed E-state index contributed by atoms with van der Waals surface area (Å²) in [5, 5.41) is 9.57. The molecule has 1 heterocycles. The van der Waals surface area contributed by atoms with Crippen molar-refractivity contribution in [1.29, 1.82) is 0 Å². The van der Waals surface area contributed by atoms with Crippen molar-refractivity contribution in [3.8, 4) is 5.75 Å². The van der Waals surface area contributed by atoms with Crippen LogP contribution in [0.2, 0.25) is 0 Å². The van der Waals surface area contributed by atoms with Crippen molar-refractivity contribution < 1.29 is 19.4 Å². The number of aromatic hydroxyl groups is 1. The maximum absolute atomic E-state index is 12.4. The van der Waals surface area contributed by atoms with Gasteiger partial charge in [-0.05, 0) is 50.5 Å². The Morgan fingerprint density at radius 3 is 3.05 bits per heavy atom. The highest BCUT2D eigenvalue weighted by molar-refractivity contribution is 5.90. The SMILES string of the molecule is Cc1cc(C(=O)O[C@H]2[C@@H]3C=CCC[C@@H]3[C@@]3(C)O[C@@H]23)ccc1O. The third kappa shape index (κ3) is 1.90. The Hall–Kier alpha value is -1.81. The Morgan fingerprint density at radius 2 is 2.27 bits per heavy atom. The normalized spacial score (nSPS) is 38.3. The van der Waals surface area contributed by atoms with E-state index in [9.17, 15) is 9.90 Å². The molecule has 0 amide bonds. The van der Waals surface area contributed by atoms with Crippen molar-refractivity contribution in [3.05, 3.63) is 41.5 Å². The summed E-state index contributed by atoms with van der Waals surface area (Å²) in [5.41, 5.74) is 1.02. The number of phenolic OH excluding ortho intramolecular Hbond substituents is 1. The Balaban J connectivity index is 1.55. The molecule has 4 nitrogen and oxygen atoms in total. The zero-order valence-electron chi connectivity index (χ0n) is 12.8. The van der Waals surface area contributed by atoms with Crippen LogP contribution in [0.5, 0.6) is 5.75 Å². The van der Waals surface area contributed by atoms with Gasteiger partial charge in [0.15, 0.2) is 0 Å². The molecule has 1 aromatic rings. The van der Waals surface area contributed by atoms with Crippen LogP contribution in [-0.4, -0.2) is 28.9 Å². The molecule has 4 heteroatoms. The lowest BCUT2D eigenvalue weighted by atomic mass is 9.81. The third-order valence-corrected chi connectivity index (χ3v) is 5.45. The van der Waals surface area contributed by atoms with Gasteiger partial charge in [-0.2, -0.15) is 0 Å². The summed E-state index contributed by atoms with van der Waals surface area (Å²) in [6.45, 7) is 3.90. The van der Waals surface area contributed by atoms with Gasteiger partial charge in [-0.3, -0.25) is 0 Å². The van der Waals surface area contributed by atoms with Gasteiger partial charge >= 0.3 is 5.97 Å². The molecule has 116 valence electrons. The Kier molecular flexibility index (Phi) is 2.89. The summed E-state index contributed by atoms with van der Waals surface area (Å²) in [7, 11) is 0. The fourth-order valence-electron chi connectivity index (χ4n) is 4.11. The van der Waals surface area contributed by atoms with Crippen LogP contribution in [0.3, 0.4) is 0 Å². The number of ether oxygens (including phenoxy) is 2. The molecule has 3 aliphatic rings. The largest absolute Gasteiger partial charge is 0.508 e. The lowest BCUT2D eigenvalue weighted by molar-refractivity contribution is -0.00341. The molecule has 1 N–H and O–H groups in total. The fraction of sp³-hybridized carbons (Fsp3) is 0.500. The molecular formula is C18H20O4. The van der Waals surface area contributed by atoms with E-state index in [2.05, 4.69) is 19.1 Å². The second kappa shape index (κ2) is 4.59. The molecule has 1 aromatic carbocycles. The second-order valence-electron chi connectivity index (χ2n) is 6.78. The maximum atomic E-state index is 12.4. The van der Waals surface area contributed by atoms with E-state index in [1.165, 1.54) is 6.07 Å². The van der Waals surface area contributed by atoms with Gasteiger partial charge in [-0.1, -0.05) is 12.2 Å². The van der Waals surface area contributed by atoms with Crippen LogP contribution in [0.15, 0.2) is 30.4 Å². The van der Waals surface area contributed by atoms with Crippen LogP contribution in [0.25, 0.3) is 0 Å². The predicted octanol–water partition coefficient (Wildman–Crippen LogP) is 2.98. The molecule has 2 fully saturated rings. The van der Waals surface area contributed by atoms with Gasteiger partial charge in [0.1, 0.15) is 18.0 Å². The van der Waals surface area contributed by atoms with Crippen LogP contribution in [0, 0.1) is 18.8 Å². The van der Waals surface area contributed by atoms with Crippen LogP contribution in [0.1, 0.15) is 35.7 Å². The topological polar surface area (TPSA) is 59.1 Å². The summed E-state index contributed by atoms with van der Waals surface area (Å²) in [4.78, 5) is 12.4. The van der Waals surface area contributed by atoms with E-state index >= 15 is 0 Å². The van der Waals surface area contributed by atoms with Gasteiger partial charge < -0.3 is 14.6 Å². The molecule has 0 aromatic heterocycles. The van der Waals surface area contributed by atoms with E-state index < -0.39 is 0 Å². The molecule has 4 rings (SSSR count). The molecule has 0 unspecified atom stereocenters.